The molecule has 0 aliphatic carbocycles. The number of nitrogens with zero attached hydrogens (tertiary/aromatic N) is 1. The van der Waals surface area contributed by atoms with Gasteiger partial charge in [0.2, 0.25) is 0 Å². The van der Waals surface area contributed by atoms with Crippen LogP contribution < -0.4 is 5.32 Å². The van der Waals surface area contributed by atoms with Crippen LogP contribution in [0, 0.1) is 17.5 Å². The number of benzene rings is 2. The van der Waals surface area contributed by atoms with E-state index in [1.54, 1.807) is 0 Å². The van der Waals surface area contributed by atoms with Gasteiger partial charge in [-0.15, -0.1) is 0 Å². The molecule has 1 aliphatic heterocycles. The Morgan fingerprint density at radius 2 is 1.74 bits per heavy atom. The summed E-state index contributed by atoms with van der Waals surface area (Å²) in [5.41, 5.74) is 0.608. The molecule has 1 N–H and O–H groups in total. The van der Waals surface area contributed by atoms with Crippen LogP contribution in [0.3, 0.4) is 0 Å². The van der Waals surface area contributed by atoms with E-state index >= 15 is 0 Å². The zero-order chi connectivity index (χ0) is 19.2. The van der Waals surface area contributed by atoms with Crippen LogP contribution in [0.15, 0.2) is 42.5 Å². The highest BCUT2D eigenvalue weighted by Crippen LogP contribution is 2.16. The van der Waals surface area contributed by atoms with Crippen LogP contribution in [0.2, 0.25) is 0 Å². The fourth-order valence-corrected chi connectivity index (χ4v) is 3.17. The predicted molar refractivity (Wildman–Crippen MR) is 95.0 cm³/mol. The maximum atomic E-state index is 13.8. The van der Waals surface area contributed by atoms with Gasteiger partial charge in [0.25, 0.3) is 5.91 Å². The Hall–Kier alpha value is -2.38. The second-order valence-electron chi connectivity index (χ2n) is 6.42. The van der Waals surface area contributed by atoms with Crippen molar-refractivity contribution in [2.24, 2.45) is 0 Å². The SMILES string of the molecule is O=C(NCC(Cc1ccccc1)N1CCOCC1)c1ccc(F)c(F)c1F. The predicted octanol–water partition coefficient (Wildman–Crippen LogP) is 2.78. The van der Waals surface area contributed by atoms with E-state index in [9.17, 15) is 18.0 Å². The summed E-state index contributed by atoms with van der Waals surface area (Å²) in [6.45, 7) is 2.93. The Kier molecular flexibility index (Phi) is 6.47. The summed E-state index contributed by atoms with van der Waals surface area (Å²) in [5, 5.41) is 2.65. The van der Waals surface area contributed by atoms with Crippen molar-refractivity contribution in [2.75, 3.05) is 32.8 Å². The minimum atomic E-state index is -1.64. The topological polar surface area (TPSA) is 41.6 Å². The molecular weight excluding hydrogens is 357 g/mol. The number of carbonyl (C=O) groups excluding carboxylic acids is 1. The van der Waals surface area contributed by atoms with Gasteiger partial charge in [-0.05, 0) is 24.1 Å². The lowest BCUT2D eigenvalue weighted by molar-refractivity contribution is 0.0167. The molecule has 0 saturated carbocycles. The van der Waals surface area contributed by atoms with E-state index in [-0.39, 0.29) is 12.6 Å². The molecule has 0 aromatic heterocycles. The molecular formula is C20H21F3N2O2. The van der Waals surface area contributed by atoms with E-state index in [0.717, 1.165) is 30.8 Å². The third-order valence-electron chi connectivity index (χ3n) is 4.65. The summed E-state index contributed by atoms with van der Waals surface area (Å²) in [7, 11) is 0. The van der Waals surface area contributed by atoms with Crippen LogP contribution in [-0.2, 0) is 11.2 Å². The normalized spacial score (nSPS) is 16.1. The average molecular weight is 378 g/mol. The van der Waals surface area contributed by atoms with Gasteiger partial charge in [-0.3, -0.25) is 9.69 Å². The number of nitrogens with one attached hydrogen (secondary N) is 1. The highest BCUT2D eigenvalue weighted by molar-refractivity contribution is 5.94. The molecule has 2 aromatic rings. The average Bonchev–Trinajstić information content (AvgIpc) is 2.70. The zero-order valence-electron chi connectivity index (χ0n) is 14.8. The maximum absolute atomic E-state index is 13.8. The molecule has 7 heteroatoms. The van der Waals surface area contributed by atoms with E-state index in [2.05, 4.69) is 10.2 Å². The Labute approximate surface area is 155 Å². The molecule has 0 spiro atoms. The van der Waals surface area contributed by atoms with Crippen molar-refractivity contribution in [3.8, 4) is 0 Å². The van der Waals surface area contributed by atoms with Gasteiger partial charge in [0, 0.05) is 25.7 Å². The molecule has 144 valence electrons. The lowest BCUT2D eigenvalue weighted by Crippen LogP contribution is -2.49. The van der Waals surface area contributed by atoms with E-state index < -0.39 is 28.9 Å². The van der Waals surface area contributed by atoms with Gasteiger partial charge in [-0.25, -0.2) is 13.2 Å². The summed E-state index contributed by atoms with van der Waals surface area (Å²) >= 11 is 0. The minimum absolute atomic E-state index is 0.0198. The zero-order valence-corrected chi connectivity index (χ0v) is 14.8. The molecule has 4 nitrogen and oxygen atoms in total. The van der Waals surface area contributed by atoms with Crippen molar-refractivity contribution in [1.82, 2.24) is 10.2 Å². The number of amides is 1. The molecule has 1 aliphatic rings. The summed E-state index contributed by atoms with van der Waals surface area (Å²) < 4.78 is 45.6. The Balaban J connectivity index is 1.70. The van der Waals surface area contributed by atoms with E-state index in [0.29, 0.717) is 19.6 Å². The van der Waals surface area contributed by atoms with Gasteiger partial charge in [0.1, 0.15) is 0 Å². The molecule has 2 aromatic carbocycles. The number of halogens is 3. The number of carbonyl (C=O) groups is 1. The number of hydrogen-bond acceptors (Lipinski definition) is 3. The highest BCUT2D eigenvalue weighted by atomic mass is 19.2. The van der Waals surface area contributed by atoms with Crippen molar-refractivity contribution in [2.45, 2.75) is 12.5 Å². The van der Waals surface area contributed by atoms with E-state index in [4.69, 9.17) is 4.74 Å². The van der Waals surface area contributed by atoms with Gasteiger partial charge < -0.3 is 10.1 Å². The molecule has 1 atom stereocenters. The molecule has 1 unspecified atom stereocenters. The van der Waals surface area contributed by atoms with Gasteiger partial charge in [0.05, 0.1) is 18.8 Å². The van der Waals surface area contributed by atoms with Gasteiger partial charge in [0.15, 0.2) is 17.5 Å². The highest BCUT2D eigenvalue weighted by Gasteiger charge is 2.24. The first-order chi connectivity index (χ1) is 13.1. The van der Waals surface area contributed by atoms with Crippen molar-refractivity contribution in [1.29, 1.82) is 0 Å². The number of rotatable bonds is 6. The van der Waals surface area contributed by atoms with Crippen LogP contribution in [0.5, 0.6) is 0 Å². The number of hydrogen-bond donors (Lipinski definition) is 1. The molecule has 0 bridgehead atoms. The first-order valence-electron chi connectivity index (χ1n) is 8.83. The third-order valence-corrected chi connectivity index (χ3v) is 4.65. The summed E-state index contributed by atoms with van der Waals surface area (Å²) in [6, 6.07) is 11.5. The lowest BCUT2D eigenvalue weighted by Gasteiger charge is -2.34. The van der Waals surface area contributed by atoms with Crippen molar-refractivity contribution >= 4 is 5.91 Å². The smallest absolute Gasteiger partial charge is 0.254 e. The fourth-order valence-electron chi connectivity index (χ4n) is 3.17. The number of ether oxygens (including phenoxy) is 1. The van der Waals surface area contributed by atoms with Gasteiger partial charge >= 0.3 is 0 Å². The molecule has 0 radical (unpaired) electrons. The van der Waals surface area contributed by atoms with Crippen molar-refractivity contribution in [3.05, 3.63) is 71.0 Å². The maximum Gasteiger partial charge on any atom is 0.254 e. The summed E-state index contributed by atoms with van der Waals surface area (Å²) in [5.74, 6) is -5.20. The van der Waals surface area contributed by atoms with Crippen molar-refractivity contribution in [3.63, 3.8) is 0 Å². The molecule has 1 amide bonds. The monoisotopic (exact) mass is 378 g/mol. The van der Waals surface area contributed by atoms with Crippen molar-refractivity contribution < 1.29 is 22.7 Å². The van der Waals surface area contributed by atoms with E-state index in [1.165, 1.54) is 0 Å². The lowest BCUT2D eigenvalue weighted by atomic mass is 10.0. The third kappa shape index (κ3) is 4.87. The molecule has 1 saturated heterocycles. The summed E-state index contributed by atoms with van der Waals surface area (Å²) in [6.07, 6.45) is 0.696. The van der Waals surface area contributed by atoms with Crippen LogP contribution in [-0.4, -0.2) is 49.7 Å². The first kappa shape index (κ1) is 19.4. The molecule has 27 heavy (non-hydrogen) atoms. The first-order valence-corrected chi connectivity index (χ1v) is 8.83. The Morgan fingerprint density at radius 1 is 1.04 bits per heavy atom. The minimum Gasteiger partial charge on any atom is -0.379 e. The Morgan fingerprint density at radius 3 is 2.44 bits per heavy atom. The molecule has 1 heterocycles. The van der Waals surface area contributed by atoms with E-state index in [1.807, 2.05) is 30.3 Å². The van der Waals surface area contributed by atoms with Crippen LogP contribution in [0.25, 0.3) is 0 Å². The second kappa shape index (κ2) is 9.01. The largest absolute Gasteiger partial charge is 0.379 e. The van der Waals surface area contributed by atoms with Crippen LogP contribution in [0.1, 0.15) is 15.9 Å². The van der Waals surface area contributed by atoms with Crippen LogP contribution in [0.4, 0.5) is 13.2 Å². The van der Waals surface area contributed by atoms with Gasteiger partial charge in [-0.1, -0.05) is 30.3 Å². The van der Waals surface area contributed by atoms with Crippen LogP contribution >= 0.6 is 0 Å². The fraction of sp³-hybridized carbons (Fsp3) is 0.350. The molecule has 1 fully saturated rings. The Bertz CT molecular complexity index is 780. The second-order valence-corrected chi connectivity index (χ2v) is 6.42. The van der Waals surface area contributed by atoms with Gasteiger partial charge in [-0.2, -0.15) is 0 Å². The summed E-state index contributed by atoms with van der Waals surface area (Å²) in [4.78, 5) is 14.5. The molecule has 3 rings (SSSR count). The quantitative estimate of drug-likeness (QED) is 0.786. The standard InChI is InChI=1S/C20H21F3N2O2/c21-17-7-6-16(18(22)19(17)23)20(26)24-13-15(25-8-10-27-11-9-25)12-14-4-2-1-3-5-14/h1-7,15H,8-13H2,(H,24,26). The number of morpholine rings is 1.